The zero-order chi connectivity index (χ0) is 15.0. The Labute approximate surface area is 119 Å². The normalized spacial score (nSPS) is 14.0. The zero-order valence-corrected chi connectivity index (χ0v) is 11.1. The van der Waals surface area contributed by atoms with Crippen molar-refractivity contribution in [2.24, 2.45) is 0 Å². The second kappa shape index (κ2) is 5.24. The van der Waals surface area contributed by atoms with Gasteiger partial charge in [0.25, 0.3) is 5.91 Å². The van der Waals surface area contributed by atoms with Gasteiger partial charge >= 0.3 is 0 Å². The summed E-state index contributed by atoms with van der Waals surface area (Å²) in [6, 6.07) is 7.31. The van der Waals surface area contributed by atoms with Gasteiger partial charge in [-0.1, -0.05) is 6.07 Å². The van der Waals surface area contributed by atoms with Crippen LogP contribution in [0.4, 0.5) is 18.9 Å². The van der Waals surface area contributed by atoms with Gasteiger partial charge in [-0.2, -0.15) is 0 Å². The molecule has 0 spiro atoms. The van der Waals surface area contributed by atoms with Crippen molar-refractivity contribution >= 4 is 11.6 Å². The Bertz CT molecular complexity index is 715. The van der Waals surface area contributed by atoms with Gasteiger partial charge in [-0.25, -0.2) is 13.2 Å². The fraction of sp³-hybridized carbons (Fsp3) is 0.188. The highest BCUT2D eigenvalue weighted by Gasteiger charge is 2.24. The van der Waals surface area contributed by atoms with Crippen molar-refractivity contribution in [3.63, 3.8) is 0 Å². The average Bonchev–Trinajstić information content (AvgIpc) is 2.48. The molecule has 5 heteroatoms. The number of rotatable bonds is 1. The van der Waals surface area contributed by atoms with E-state index < -0.39 is 23.4 Å². The Kier molecular flexibility index (Phi) is 3.41. The lowest BCUT2D eigenvalue weighted by molar-refractivity contribution is 0.0984. The Hall–Kier alpha value is -2.30. The maximum Gasteiger partial charge on any atom is 0.258 e. The molecule has 0 saturated carbocycles. The highest BCUT2D eigenvalue weighted by Crippen LogP contribution is 2.29. The van der Waals surface area contributed by atoms with E-state index in [1.165, 1.54) is 23.1 Å². The Morgan fingerprint density at radius 3 is 2.57 bits per heavy atom. The average molecular weight is 291 g/mol. The first kappa shape index (κ1) is 13.7. The largest absolute Gasteiger partial charge is 0.308 e. The molecule has 0 saturated heterocycles. The number of anilines is 1. The highest BCUT2D eigenvalue weighted by atomic mass is 19.2. The summed E-state index contributed by atoms with van der Waals surface area (Å²) < 4.78 is 39.6. The summed E-state index contributed by atoms with van der Waals surface area (Å²) in [4.78, 5) is 13.9. The number of hydrogen-bond acceptors (Lipinski definition) is 1. The second-order valence-electron chi connectivity index (χ2n) is 4.96. The molecule has 3 rings (SSSR count). The first-order valence-corrected chi connectivity index (χ1v) is 6.61. The number of hydrogen-bond donors (Lipinski definition) is 0. The molecule has 1 aliphatic heterocycles. The van der Waals surface area contributed by atoms with Crippen molar-refractivity contribution in [3.8, 4) is 0 Å². The number of nitrogens with zero attached hydrogens (tertiary/aromatic N) is 1. The molecular formula is C16H12F3NO. The molecule has 1 heterocycles. The Morgan fingerprint density at radius 2 is 1.81 bits per heavy atom. The van der Waals surface area contributed by atoms with E-state index in [-0.39, 0.29) is 5.56 Å². The van der Waals surface area contributed by atoms with Gasteiger partial charge in [-0.05, 0) is 48.7 Å². The summed E-state index contributed by atoms with van der Waals surface area (Å²) in [5.74, 6) is -2.96. The molecule has 0 atom stereocenters. The maximum atomic E-state index is 13.4. The van der Waals surface area contributed by atoms with E-state index >= 15 is 0 Å². The minimum atomic E-state index is -1.07. The van der Waals surface area contributed by atoms with Crippen LogP contribution < -0.4 is 4.90 Å². The van der Waals surface area contributed by atoms with E-state index in [0.29, 0.717) is 12.2 Å². The Balaban J connectivity index is 1.99. The van der Waals surface area contributed by atoms with Gasteiger partial charge in [0.2, 0.25) is 0 Å². The van der Waals surface area contributed by atoms with Crippen LogP contribution in [-0.2, 0) is 6.42 Å². The van der Waals surface area contributed by atoms with Crippen molar-refractivity contribution in [3.05, 3.63) is 65.0 Å². The fourth-order valence-corrected chi connectivity index (χ4v) is 2.54. The second-order valence-corrected chi connectivity index (χ2v) is 4.96. The van der Waals surface area contributed by atoms with Gasteiger partial charge in [0.15, 0.2) is 11.6 Å². The molecule has 0 unspecified atom stereocenters. The number of carbonyl (C=O) groups excluding carboxylic acids is 1. The van der Waals surface area contributed by atoms with Crippen molar-refractivity contribution in [1.82, 2.24) is 0 Å². The van der Waals surface area contributed by atoms with Crippen molar-refractivity contribution in [2.75, 3.05) is 11.4 Å². The third-order valence-electron chi connectivity index (χ3n) is 3.58. The topological polar surface area (TPSA) is 20.3 Å². The van der Waals surface area contributed by atoms with Crippen LogP contribution in [0.2, 0.25) is 0 Å². The lowest BCUT2D eigenvalue weighted by atomic mass is 10.0. The SMILES string of the molecule is O=C(c1ccc(F)c(F)c1)N1CCCc2ccc(F)cc21. The van der Waals surface area contributed by atoms with Crippen LogP contribution in [0.5, 0.6) is 0 Å². The lowest BCUT2D eigenvalue weighted by Crippen LogP contribution is -2.35. The van der Waals surface area contributed by atoms with Crippen LogP contribution in [0.15, 0.2) is 36.4 Å². The van der Waals surface area contributed by atoms with Gasteiger partial charge in [0.05, 0.1) is 5.69 Å². The molecule has 0 aromatic heterocycles. The number of halogens is 3. The summed E-state index contributed by atoms with van der Waals surface area (Å²) >= 11 is 0. The number of benzene rings is 2. The molecule has 0 N–H and O–H groups in total. The van der Waals surface area contributed by atoms with Crippen LogP contribution in [-0.4, -0.2) is 12.5 Å². The van der Waals surface area contributed by atoms with Crippen LogP contribution in [0.3, 0.4) is 0 Å². The minimum absolute atomic E-state index is 0.0472. The van der Waals surface area contributed by atoms with Gasteiger partial charge in [-0.3, -0.25) is 4.79 Å². The standard InChI is InChI=1S/C16H12F3NO/c17-12-5-3-10-2-1-7-20(15(10)9-12)16(21)11-4-6-13(18)14(19)8-11/h3-6,8-9H,1-2,7H2. The molecular weight excluding hydrogens is 279 g/mol. The van der Waals surface area contributed by atoms with Crippen molar-refractivity contribution in [2.45, 2.75) is 12.8 Å². The first-order valence-electron chi connectivity index (χ1n) is 6.61. The predicted molar refractivity (Wildman–Crippen MR) is 72.8 cm³/mol. The zero-order valence-electron chi connectivity index (χ0n) is 11.1. The molecule has 108 valence electrons. The molecule has 2 nitrogen and oxygen atoms in total. The number of fused-ring (bicyclic) bond motifs is 1. The van der Waals surface area contributed by atoms with Crippen LogP contribution in [0.1, 0.15) is 22.3 Å². The van der Waals surface area contributed by atoms with E-state index in [0.717, 1.165) is 30.5 Å². The maximum absolute atomic E-state index is 13.4. The van der Waals surface area contributed by atoms with E-state index in [1.54, 1.807) is 6.07 Å². The summed E-state index contributed by atoms with van der Waals surface area (Å²) in [5.41, 5.74) is 1.42. The smallest absolute Gasteiger partial charge is 0.258 e. The van der Waals surface area contributed by atoms with Crippen molar-refractivity contribution < 1.29 is 18.0 Å². The summed E-state index contributed by atoms with van der Waals surface area (Å²) in [7, 11) is 0. The van der Waals surface area contributed by atoms with Crippen LogP contribution in [0, 0.1) is 17.5 Å². The monoisotopic (exact) mass is 291 g/mol. The fourth-order valence-electron chi connectivity index (χ4n) is 2.54. The molecule has 0 fully saturated rings. The van der Waals surface area contributed by atoms with E-state index in [9.17, 15) is 18.0 Å². The lowest BCUT2D eigenvalue weighted by Gasteiger charge is -2.29. The summed E-state index contributed by atoms with van der Waals surface area (Å²) in [6.45, 7) is 0.425. The van der Waals surface area contributed by atoms with E-state index in [1.807, 2.05) is 0 Å². The molecule has 1 aliphatic rings. The molecule has 2 aromatic carbocycles. The van der Waals surface area contributed by atoms with Crippen LogP contribution >= 0.6 is 0 Å². The summed E-state index contributed by atoms with van der Waals surface area (Å²) in [6.07, 6.45) is 1.51. The molecule has 0 aliphatic carbocycles. The summed E-state index contributed by atoms with van der Waals surface area (Å²) in [5, 5.41) is 0. The van der Waals surface area contributed by atoms with Crippen molar-refractivity contribution in [1.29, 1.82) is 0 Å². The minimum Gasteiger partial charge on any atom is -0.308 e. The first-order chi connectivity index (χ1) is 10.1. The van der Waals surface area contributed by atoms with Gasteiger partial charge in [-0.15, -0.1) is 0 Å². The molecule has 21 heavy (non-hydrogen) atoms. The third-order valence-corrected chi connectivity index (χ3v) is 3.58. The number of amides is 1. The number of aryl methyl sites for hydroxylation is 1. The number of carbonyl (C=O) groups is 1. The quantitative estimate of drug-likeness (QED) is 0.784. The van der Waals surface area contributed by atoms with E-state index in [4.69, 9.17) is 0 Å². The molecule has 0 radical (unpaired) electrons. The van der Waals surface area contributed by atoms with Gasteiger partial charge in [0, 0.05) is 12.1 Å². The molecule has 2 aromatic rings. The van der Waals surface area contributed by atoms with Gasteiger partial charge < -0.3 is 4.90 Å². The molecule has 0 bridgehead atoms. The van der Waals surface area contributed by atoms with E-state index in [2.05, 4.69) is 0 Å². The third kappa shape index (κ3) is 2.51. The van der Waals surface area contributed by atoms with Crippen LogP contribution in [0.25, 0.3) is 0 Å². The Morgan fingerprint density at radius 1 is 1.00 bits per heavy atom. The predicted octanol–water partition coefficient (Wildman–Crippen LogP) is 3.70. The van der Waals surface area contributed by atoms with Gasteiger partial charge in [0.1, 0.15) is 5.82 Å². The highest BCUT2D eigenvalue weighted by molar-refractivity contribution is 6.06. The molecule has 1 amide bonds.